The summed E-state index contributed by atoms with van der Waals surface area (Å²) in [5.41, 5.74) is 7.56. The van der Waals surface area contributed by atoms with Crippen molar-refractivity contribution < 1.29 is 4.79 Å². The van der Waals surface area contributed by atoms with Gasteiger partial charge in [-0.25, -0.2) is 10.0 Å². The fraction of sp³-hybridized carbons (Fsp3) is 0.0833. The van der Waals surface area contributed by atoms with E-state index in [1.165, 1.54) is 17.3 Å². The Kier molecular flexibility index (Phi) is 6.68. The molecule has 0 saturated carbocycles. The van der Waals surface area contributed by atoms with Gasteiger partial charge in [-0.15, -0.1) is 0 Å². The van der Waals surface area contributed by atoms with Gasteiger partial charge in [0.05, 0.1) is 17.1 Å². The number of nitrogens with zero attached hydrogens (tertiary/aromatic N) is 4. The number of benzene rings is 5. The maximum Gasteiger partial charge on any atom is 0.234 e. The Hall–Kier alpha value is -4.94. The first kappa shape index (κ1) is 26.0. The molecule has 0 saturated heterocycles. The molecule has 6 heteroatoms. The third kappa shape index (κ3) is 4.32. The number of hydrazone groups is 2. The van der Waals surface area contributed by atoms with Crippen LogP contribution in [0.2, 0.25) is 0 Å². The lowest BCUT2D eigenvalue weighted by Gasteiger charge is -2.47. The number of Topliss-reactive ketones (excluding diaryl/α,β-unsaturated/α-hetero) is 1. The molecular weight excluding hydrogens is 536 g/mol. The molecule has 0 amide bonds. The van der Waals surface area contributed by atoms with Gasteiger partial charge in [0.25, 0.3) is 0 Å². The second kappa shape index (κ2) is 10.8. The standard InChI is InChI=1S/C36H28N4OS/c1-2-26-22-24-27(25-23-26)33-31-20-12-13-21-32(31)36(39(37-33)29-16-8-4-9-17-29)40(30-18-10-5-11-19-30)38-35(42-36)34(41)28-14-6-3-7-15-28/h3-25H,2H2,1H3/t36-/m0/s1. The summed E-state index contributed by atoms with van der Waals surface area (Å²) in [4.78, 5) is 12.9. The van der Waals surface area contributed by atoms with Crippen LogP contribution in [0, 0.1) is 0 Å². The molecule has 0 fully saturated rings. The average molecular weight is 565 g/mol. The van der Waals surface area contributed by atoms with Gasteiger partial charge in [0.2, 0.25) is 10.8 Å². The Morgan fingerprint density at radius 3 is 1.83 bits per heavy atom. The molecule has 0 aliphatic carbocycles. The smallest absolute Gasteiger partial charge is 0.234 e. The zero-order valence-corrected chi connectivity index (χ0v) is 23.9. The van der Waals surface area contributed by atoms with Gasteiger partial charge in [-0.05, 0) is 48.0 Å². The minimum Gasteiger partial charge on any atom is -0.286 e. The number of carbonyl (C=O) groups is 1. The maximum absolute atomic E-state index is 13.9. The number of hydrogen-bond acceptors (Lipinski definition) is 6. The summed E-state index contributed by atoms with van der Waals surface area (Å²) in [6.45, 7) is 2.16. The third-order valence-corrected chi connectivity index (χ3v) is 8.92. The van der Waals surface area contributed by atoms with E-state index in [-0.39, 0.29) is 5.78 Å². The zero-order chi connectivity index (χ0) is 28.5. The number of hydrogen-bond donors (Lipinski definition) is 0. The Labute approximate surface area is 249 Å². The molecule has 2 aliphatic rings. The summed E-state index contributed by atoms with van der Waals surface area (Å²) in [6, 6.07) is 46.5. The van der Waals surface area contributed by atoms with E-state index in [9.17, 15) is 4.79 Å². The summed E-state index contributed by atoms with van der Waals surface area (Å²) >= 11 is 1.43. The normalized spacial score (nSPS) is 17.5. The monoisotopic (exact) mass is 564 g/mol. The molecule has 2 aliphatic heterocycles. The predicted octanol–water partition coefficient (Wildman–Crippen LogP) is 8.08. The fourth-order valence-electron chi connectivity index (χ4n) is 5.49. The molecule has 0 aromatic heterocycles. The molecule has 42 heavy (non-hydrogen) atoms. The van der Waals surface area contributed by atoms with Crippen LogP contribution < -0.4 is 10.0 Å². The second-order valence-electron chi connectivity index (χ2n) is 10.1. The maximum atomic E-state index is 13.9. The lowest BCUT2D eigenvalue weighted by atomic mass is 9.92. The summed E-state index contributed by atoms with van der Waals surface area (Å²) in [6.07, 6.45) is 0.973. The quantitative estimate of drug-likeness (QED) is 0.196. The van der Waals surface area contributed by atoms with E-state index in [0.717, 1.165) is 40.2 Å². The van der Waals surface area contributed by atoms with Crippen LogP contribution in [0.5, 0.6) is 0 Å². The van der Waals surface area contributed by atoms with Crippen molar-refractivity contribution in [2.24, 2.45) is 10.2 Å². The number of rotatable bonds is 6. The third-order valence-electron chi connectivity index (χ3n) is 7.60. The van der Waals surface area contributed by atoms with E-state index in [4.69, 9.17) is 10.2 Å². The van der Waals surface area contributed by atoms with Crippen LogP contribution in [-0.4, -0.2) is 16.5 Å². The van der Waals surface area contributed by atoms with Gasteiger partial charge in [-0.3, -0.25) is 4.79 Å². The first-order valence-electron chi connectivity index (χ1n) is 14.0. The number of fused-ring (bicyclic) bond motifs is 2. The van der Waals surface area contributed by atoms with Crippen LogP contribution in [0.25, 0.3) is 0 Å². The predicted molar refractivity (Wildman–Crippen MR) is 173 cm³/mol. The van der Waals surface area contributed by atoms with Gasteiger partial charge in [0.15, 0.2) is 5.04 Å². The SMILES string of the molecule is CCc1ccc(C2=NN(c3ccccc3)[C@@]3(SC(C(=O)c4ccccc4)=NN3c3ccccc3)c3ccccc32)cc1. The molecule has 0 radical (unpaired) electrons. The molecule has 1 spiro atoms. The van der Waals surface area contributed by atoms with Crippen molar-refractivity contribution in [3.8, 4) is 0 Å². The van der Waals surface area contributed by atoms with Gasteiger partial charge in [-0.1, -0.05) is 122 Å². The van der Waals surface area contributed by atoms with Gasteiger partial charge in [-0.2, -0.15) is 10.2 Å². The van der Waals surface area contributed by atoms with E-state index < -0.39 is 4.99 Å². The summed E-state index contributed by atoms with van der Waals surface area (Å²) in [5, 5.41) is 14.9. The van der Waals surface area contributed by atoms with E-state index in [1.807, 2.05) is 101 Å². The van der Waals surface area contributed by atoms with Crippen molar-refractivity contribution in [1.82, 2.24) is 0 Å². The molecule has 5 aromatic carbocycles. The van der Waals surface area contributed by atoms with Crippen LogP contribution in [0.15, 0.2) is 150 Å². The fourth-order valence-corrected chi connectivity index (χ4v) is 6.84. The lowest BCUT2D eigenvalue weighted by Crippen LogP contribution is -2.54. The molecule has 0 unspecified atom stereocenters. The van der Waals surface area contributed by atoms with Crippen molar-refractivity contribution in [2.45, 2.75) is 18.3 Å². The van der Waals surface area contributed by atoms with Crippen LogP contribution in [0.3, 0.4) is 0 Å². The molecule has 7 rings (SSSR count). The van der Waals surface area contributed by atoms with Crippen molar-refractivity contribution in [1.29, 1.82) is 0 Å². The molecule has 2 heterocycles. The highest BCUT2D eigenvalue weighted by atomic mass is 32.2. The molecule has 1 atom stereocenters. The van der Waals surface area contributed by atoms with Crippen molar-refractivity contribution in [2.75, 3.05) is 10.0 Å². The first-order valence-corrected chi connectivity index (χ1v) is 14.9. The summed E-state index contributed by atoms with van der Waals surface area (Å²) < 4.78 is 0. The van der Waals surface area contributed by atoms with E-state index >= 15 is 0 Å². The molecule has 204 valence electrons. The molecular formula is C36H28N4OS. The Morgan fingerprint density at radius 1 is 0.667 bits per heavy atom. The summed E-state index contributed by atoms with van der Waals surface area (Å²) in [5.74, 6) is -0.117. The Morgan fingerprint density at radius 2 is 1.21 bits per heavy atom. The number of anilines is 2. The van der Waals surface area contributed by atoms with Gasteiger partial charge < -0.3 is 0 Å². The minimum absolute atomic E-state index is 0.117. The van der Waals surface area contributed by atoms with Gasteiger partial charge in [0.1, 0.15) is 0 Å². The van der Waals surface area contributed by atoms with Gasteiger partial charge in [0, 0.05) is 22.3 Å². The number of aryl methyl sites for hydroxylation is 1. The highest BCUT2D eigenvalue weighted by Crippen LogP contribution is 2.55. The molecule has 5 aromatic rings. The van der Waals surface area contributed by atoms with E-state index in [2.05, 4.69) is 55.5 Å². The Bertz CT molecular complexity index is 1800. The second-order valence-corrected chi connectivity index (χ2v) is 11.3. The average Bonchev–Trinajstić information content (AvgIpc) is 3.47. The topological polar surface area (TPSA) is 48.3 Å². The molecule has 5 nitrogen and oxygen atoms in total. The zero-order valence-electron chi connectivity index (χ0n) is 23.1. The first-order chi connectivity index (χ1) is 20.7. The van der Waals surface area contributed by atoms with Crippen LogP contribution in [0.1, 0.15) is 39.5 Å². The van der Waals surface area contributed by atoms with Crippen LogP contribution in [-0.2, 0) is 11.4 Å². The van der Waals surface area contributed by atoms with E-state index in [0.29, 0.717) is 10.6 Å². The van der Waals surface area contributed by atoms with Crippen molar-refractivity contribution >= 4 is 39.7 Å². The Balaban J connectivity index is 1.48. The summed E-state index contributed by atoms with van der Waals surface area (Å²) in [7, 11) is 0. The van der Waals surface area contributed by atoms with Crippen molar-refractivity contribution in [3.05, 3.63) is 167 Å². The highest BCUT2D eigenvalue weighted by molar-refractivity contribution is 8.17. The number of thioether (sulfide) groups is 1. The van der Waals surface area contributed by atoms with Gasteiger partial charge >= 0.3 is 0 Å². The molecule has 0 N–H and O–H groups in total. The van der Waals surface area contributed by atoms with Crippen LogP contribution >= 0.6 is 11.8 Å². The highest BCUT2D eigenvalue weighted by Gasteiger charge is 2.56. The molecule has 0 bridgehead atoms. The largest absolute Gasteiger partial charge is 0.286 e. The lowest BCUT2D eigenvalue weighted by molar-refractivity contribution is 0.106. The minimum atomic E-state index is -0.994. The number of para-hydroxylation sites is 2. The van der Waals surface area contributed by atoms with Crippen molar-refractivity contribution in [3.63, 3.8) is 0 Å². The number of ketones is 1. The van der Waals surface area contributed by atoms with Crippen LogP contribution in [0.4, 0.5) is 11.4 Å². The van der Waals surface area contributed by atoms with E-state index in [1.54, 1.807) is 0 Å². The number of carbonyl (C=O) groups excluding carboxylic acids is 1.